The van der Waals surface area contributed by atoms with Crippen molar-refractivity contribution in [1.29, 1.82) is 0 Å². The second-order valence-electron chi connectivity index (χ2n) is 6.98. The van der Waals surface area contributed by atoms with Gasteiger partial charge < -0.3 is 15.0 Å². The van der Waals surface area contributed by atoms with Gasteiger partial charge in [-0.15, -0.1) is 0 Å². The van der Waals surface area contributed by atoms with E-state index in [1.165, 1.54) is 0 Å². The van der Waals surface area contributed by atoms with Gasteiger partial charge in [-0.25, -0.2) is 4.98 Å². The maximum Gasteiger partial charge on any atom is 0.142 e. The summed E-state index contributed by atoms with van der Waals surface area (Å²) >= 11 is 0. The highest BCUT2D eigenvalue weighted by molar-refractivity contribution is 6.21. The lowest BCUT2D eigenvalue weighted by Gasteiger charge is -2.21. The van der Waals surface area contributed by atoms with Gasteiger partial charge in [-0.1, -0.05) is 0 Å². The molecule has 0 atom stereocenters. The zero-order valence-corrected chi connectivity index (χ0v) is 16.3. The number of aromatic amines is 1. The van der Waals surface area contributed by atoms with E-state index in [9.17, 15) is 5.11 Å². The van der Waals surface area contributed by atoms with Gasteiger partial charge in [0.2, 0.25) is 0 Å². The summed E-state index contributed by atoms with van der Waals surface area (Å²) in [5.41, 5.74) is 5.07. The highest BCUT2D eigenvalue weighted by Crippen LogP contribution is 2.36. The lowest BCUT2D eigenvalue weighted by molar-refractivity contribution is 0.477. The van der Waals surface area contributed by atoms with Crippen LogP contribution in [0.1, 0.15) is 13.8 Å². The van der Waals surface area contributed by atoms with Crippen molar-refractivity contribution in [2.45, 2.75) is 13.8 Å². The molecule has 6 nitrogen and oxygen atoms in total. The van der Waals surface area contributed by atoms with Crippen LogP contribution in [0.15, 0.2) is 54.9 Å². The first-order valence-corrected chi connectivity index (χ1v) is 9.80. The molecule has 0 aliphatic carbocycles. The maximum absolute atomic E-state index is 10.7. The number of imidazole rings is 1. The van der Waals surface area contributed by atoms with Crippen molar-refractivity contribution in [2.24, 2.45) is 0 Å². The first-order valence-electron chi connectivity index (χ1n) is 9.80. The summed E-state index contributed by atoms with van der Waals surface area (Å²) in [4.78, 5) is 19.5. The summed E-state index contributed by atoms with van der Waals surface area (Å²) in [5.74, 6) is 0.837. The maximum atomic E-state index is 10.7. The minimum atomic E-state index is 0.207. The molecule has 29 heavy (non-hydrogen) atoms. The van der Waals surface area contributed by atoms with Crippen molar-refractivity contribution in [3.8, 4) is 17.1 Å². The van der Waals surface area contributed by atoms with Crippen molar-refractivity contribution in [3.63, 3.8) is 0 Å². The number of nitrogens with zero attached hydrogens (tertiary/aromatic N) is 4. The van der Waals surface area contributed by atoms with E-state index in [0.717, 1.165) is 51.6 Å². The third kappa shape index (κ3) is 2.68. The molecule has 2 N–H and O–H groups in total. The van der Waals surface area contributed by atoms with E-state index in [1.807, 2.05) is 36.4 Å². The minimum absolute atomic E-state index is 0.207. The molecule has 5 aromatic rings. The van der Waals surface area contributed by atoms with Gasteiger partial charge in [0.05, 0.1) is 27.6 Å². The average Bonchev–Trinajstić information content (AvgIpc) is 3.20. The topological polar surface area (TPSA) is 77.9 Å². The van der Waals surface area contributed by atoms with E-state index in [1.54, 1.807) is 18.5 Å². The minimum Gasteiger partial charge on any atom is -0.507 e. The molecule has 0 unspecified atom stereocenters. The number of hydrogen-bond donors (Lipinski definition) is 2. The van der Waals surface area contributed by atoms with E-state index in [0.29, 0.717) is 11.4 Å². The normalized spacial score (nSPS) is 11.5. The lowest BCUT2D eigenvalue weighted by atomic mass is 10.1. The zero-order valence-electron chi connectivity index (χ0n) is 16.3. The second kappa shape index (κ2) is 6.74. The monoisotopic (exact) mass is 383 g/mol. The van der Waals surface area contributed by atoms with Crippen molar-refractivity contribution >= 4 is 38.5 Å². The molecular formula is C23H21N5O. The van der Waals surface area contributed by atoms with Crippen LogP contribution >= 0.6 is 0 Å². The molecular weight excluding hydrogens is 362 g/mol. The molecule has 0 bridgehead atoms. The number of fused-ring (bicyclic) bond motifs is 6. The van der Waals surface area contributed by atoms with Gasteiger partial charge in [0.1, 0.15) is 11.6 Å². The molecule has 0 aliphatic heterocycles. The van der Waals surface area contributed by atoms with Crippen LogP contribution in [-0.2, 0) is 0 Å². The van der Waals surface area contributed by atoms with Crippen LogP contribution < -0.4 is 4.90 Å². The molecule has 144 valence electrons. The highest BCUT2D eigenvalue weighted by Gasteiger charge is 2.17. The van der Waals surface area contributed by atoms with E-state index < -0.39 is 0 Å². The molecule has 0 aliphatic rings. The number of phenols is 1. The number of aromatic nitrogens is 4. The fourth-order valence-electron chi connectivity index (χ4n) is 3.98. The molecule has 0 amide bonds. The van der Waals surface area contributed by atoms with Crippen LogP contribution in [0.4, 0.5) is 5.69 Å². The summed E-state index contributed by atoms with van der Waals surface area (Å²) in [6.45, 7) is 5.98. The van der Waals surface area contributed by atoms with Crippen molar-refractivity contribution < 1.29 is 5.11 Å². The predicted octanol–water partition coefficient (Wildman–Crippen LogP) is 4.88. The predicted molar refractivity (Wildman–Crippen MR) is 117 cm³/mol. The average molecular weight is 383 g/mol. The summed E-state index contributed by atoms with van der Waals surface area (Å²) in [6.07, 6.45) is 3.55. The summed E-state index contributed by atoms with van der Waals surface area (Å²) in [5, 5.41) is 12.6. The smallest absolute Gasteiger partial charge is 0.142 e. The van der Waals surface area contributed by atoms with Crippen molar-refractivity contribution in [1.82, 2.24) is 19.9 Å². The van der Waals surface area contributed by atoms with Crippen LogP contribution in [0.2, 0.25) is 0 Å². The number of benzene rings is 2. The first-order chi connectivity index (χ1) is 14.2. The number of anilines is 1. The Morgan fingerprint density at radius 2 is 1.59 bits per heavy atom. The van der Waals surface area contributed by atoms with E-state index in [-0.39, 0.29) is 5.75 Å². The second-order valence-corrected chi connectivity index (χ2v) is 6.98. The summed E-state index contributed by atoms with van der Waals surface area (Å²) in [6, 6.07) is 13.6. The van der Waals surface area contributed by atoms with Crippen LogP contribution in [-0.4, -0.2) is 38.1 Å². The quantitative estimate of drug-likeness (QED) is 0.433. The third-order valence-electron chi connectivity index (χ3n) is 5.43. The first kappa shape index (κ1) is 17.4. The Kier molecular flexibility index (Phi) is 4.05. The van der Waals surface area contributed by atoms with Crippen LogP contribution in [0.5, 0.6) is 5.75 Å². The number of pyridine rings is 2. The molecule has 0 fully saturated rings. The van der Waals surface area contributed by atoms with Crippen molar-refractivity contribution in [2.75, 3.05) is 18.0 Å². The van der Waals surface area contributed by atoms with Gasteiger partial charge in [0.25, 0.3) is 0 Å². The number of nitrogens with one attached hydrogen (secondary N) is 1. The van der Waals surface area contributed by atoms with Gasteiger partial charge in [-0.05, 0) is 50.2 Å². The molecule has 0 radical (unpaired) electrons. The van der Waals surface area contributed by atoms with Crippen LogP contribution in [0, 0.1) is 0 Å². The summed E-state index contributed by atoms with van der Waals surface area (Å²) < 4.78 is 0. The number of aromatic hydroxyl groups is 1. The molecule has 2 aromatic carbocycles. The number of H-pyrrole nitrogens is 1. The van der Waals surface area contributed by atoms with Gasteiger partial charge in [0.15, 0.2) is 0 Å². The largest absolute Gasteiger partial charge is 0.507 e. The van der Waals surface area contributed by atoms with Gasteiger partial charge in [0, 0.05) is 48.0 Å². The Hall–Kier alpha value is -3.67. The van der Waals surface area contributed by atoms with Crippen molar-refractivity contribution in [3.05, 3.63) is 54.9 Å². The van der Waals surface area contributed by atoms with E-state index in [2.05, 4.69) is 33.7 Å². The third-order valence-corrected chi connectivity index (χ3v) is 5.43. The number of hydrogen-bond acceptors (Lipinski definition) is 5. The van der Waals surface area contributed by atoms with Gasteiger partial charge >= 0.3 is 0 Å². The highest BCUT2D eigenvalue weighted by atomic mass is 16.3. The molecule has 6 heteroatoms. The Morgan fingerprint density at radius 3 is 2.28 bits per heavy atom. The van der Waals surface area contributed by atoms with E-state index in [4.69, 9.17) is 4.98 Å². The number of phenolic OH excluding ortho intramolecular Hbond substituents is 1. The molecule has 0 saturated carbocycles. The fraction of sp³-hybridized carbons (Fsp3) is 0.174. The van der Waals surface area contributed by atoms with E-state index >= 15 is 0 Å². The van der Waals surface area contributed by atoms with Gasteiger partial charge in [-0.2, -0.15) is 0 Å². The Balaban J connectivity index is 1.76. The lowest BCUT2D eigenvalue weighted by Crippen LogP contribution is -2.21. The Labute approximate surface area is 167 Å². The molecule has 0 spiro atoms. The number of rotatable bonds is 4. The Bertz CT molecular complexity index is 1280. The van der Waals surface area contributed by atoms with Gasteiger partial charge in [-0.3, -0.25) is 9.97 Å². The van der Waals surface area contributed by atoms with Crippen LogP contribution in [0.25, 0.3) is 44.2 Å². The standard InChI is InChI=1S/C23H21N5O/c1-3-28(4-2)14-9-10-15(18(29)13-14)23-26-21-16-7-5-11-24-19(16)20-17(22(21)27-23)8-6-12-25-20/h5-13,29H,3-4H2,1-2H3,(H,26,27). The fourth-order valence-corrected chi connectivity index (χ4v) is 3.98. The summed E-state index contributed by atoms with van der Waals surface area (Å²) in [7, 11) is 0. The SMILES string of the molecule is CCN(CC)c1ccc(-c2nc3c4cccnc4c4ncccc4c3[nH]2)c(O)c1. The zero-order chi connectivity index (χ0) is 20.0. The van der Waals surface area contributed by atoms with Crippen LogP contribution in [0.3, 0.4) is 0 Å². The molecule has 3 heterocycles. The Morgan fingerprint density at radius 1 is 0.897 bits per heavy atom. The molecule has 0 saturated heterocycles. The molecule has 5 rings (SSSR count). The molecule has 3 aromatic heterocycles.